The van der Waals surface area contributed by atoms with Gasteiger partial charge in [0, 0.05) is 10.7 Å². The fourth-order valence-electron chi connectivity index (χ4n) is 1.03. The standard InChI is InChI=1S/C12H16BrN/c1-9-10(6-5-7-11(9)13)8-14-12(2,3)4/h5-8H,1-4H3/b14-8+. The van der Waals surface area contributed by atoms with Gasteiger partial charge in [-0.3, -0.25) is 4.99 Å². The van der Waals surface area contributed by atoms with Gasteiger partial charge in [-0.2, -0.15) is 0 Å². The molecule has 0 saturated carbocycles. The average Bonchev–Trinajstić information content (AvgIpc) is 2.06. The number of nitrogens with zero attached hydrogens (tertiary/aromatic N) is 1. The fourth-order valence-corrected chi connectivity index (χ4v) is 1.41. The summed E-state index contributed by atoms with van der Waals surface area (Å²) < 4.78 is 1.13. The normalized spacial score (nSPS) is 12.4. The highest BCUT2D eigenvalue weighted by molar-refractivity contribution is 9.10. The molecule has 0 aliphatic rings. The molecule has 76 valence electrons. The zero-order valence-electron chi connectivity index (χ0n) is 9.13. The maximum Gasteiger partial charge on any atom is 0.0524 e. The topological polar surface area (TPSA) is 12.4 Å². The molecule has 0 saturated heterocycles. The van der Waals surface area contributed by atoms with Gasteiger partial charge in [0.1, 0.15) is 0 Å². The second-order valence-electron chi connectivity index (χ2n) is 4.38. The van der Waals surface area contributed by atoms with E-state index in [9.17, 15) is 0 Å². The Bertz CT molecular complexity index is 348. The Morgan fingerprint density at radius 2 is 1.93 bits per heavy atom. The minimum absolute atomic E-state index is 0.00520. The summed E-state index contributed by atoms with van der Waals surface area (Å²) in [5, 5.41) is 0. The summed E-state index contributed by atoms with van der Waals surface area (Å²) in [6.07, 6.45) is 1.94. The van der Waals surface area contributed by atoms with Gasteiger partial charge in [-0.15, -0.1) is 0 Å². The van der Waals surface area contributed by atoms with E-state index in [4.69, 9.17) is 0 Å². The van der Waals surface area contributed by atoms with Crippen LogP contribution in [0.2, 0.25) is 0 Å². The smallest absolute Gasteiger partial charge is 0.0524 e. The van der Waals surface area contributed by atoms with Gasteiger partial charge < -0.3 is 0 Å². The average molecular weight is 254 g/mol. The van der Waals surface area contributed by atoms with E-state index < -0.39 is 0 Å². The lowest BCUT2D eigenvalue weighted by molar-refractivity contribution is 0.586. The summed E-state index contributed by atoms with van der Waals surface area (Å²) in [5.74, 6) is 0. The Labute approximate surface area is 94.4 Å². The number of hydrogen-bond donors (Lipinski definition) is 0. The second-order valence-corrected chi connectivity index (χ2v) is 5.24. The van der Waals surface area contributed by atoms with Gasteiger partial charge in [0.05, 0.1) is 5.54 Å². The van der Waals surface area contributed by atoms with Crippen LogP contribution in [0.3, 0.4) is 0 Å². The Hall–Kier alpha value is -0.630. The van der Waals surface area contributed by atoms with E-state index in [1.54, 1.807) is 0 Å². The molecule has 1 aromatic rings. The first-order valence-electron chi connectivity index (χ1n) is 4.70. The van der Waals surface area contributed by atoms with Crippen LogP contribution in [0.15, 0.2) is 27.7 Å². The zero-order valence-corrected chi connectivity index (χ0v) is 10.7. The first-order valence-corrected chi connectivity index (χ1v) is 5.50. The lowest BCUT2D eigenvalue weighted by Gasteiger charge is -2.11. The van der Waals surface area contributed by atoms with Crippen LogP contribution in [-0.4, -0.2) is 11.8 Å². The predicted molar refractivity (Wildman–Crippen MR) is 66.2 cm³/mol. The Balaban J connectivity index is 2.98. The van der Waals surface area contributed by atoms with E-state index in [0.29, 0.717) is 0 Å². The van der Waals surface area contributed by atoms with Crippen molar-refractivity contribution in [2.24, 2.45) is 4.99 Å². The van der Waals surface area contributed by atoms with Crippen LogP contribution in [0, 0.1) is 6.92 Å². The molecule has 1 nitrogen and oxygen atoms in total. The zero-order chi connectivity index (χ0) is 10.8. The molecule has 0 radical (unpaired) electrons. The summed E-state index contributed by atoms with van der Waals surface area (Å²) >= 11 is 3.50. The van der Waals surface area contributed by atoms with Crippen molar-refractivity contribution in [1.82, 2.24) is 0 Å². The van der Waals surface area contributed by atoms with Gasteiger partial charge in [-0.25, -0.2) is 0 Å². The Morgan fingerprint density at radius 1 is 1.29 bits per heavy atom. The summed E-state index contributed by atoms with van der Waals surface area (Å²) in [4.78, 5) is 4.48. The van der Waals surface area contributed by atoms with Crippen molar-refractivity contribution in [3.8, 4) is 0 Å². The highest BCUT2D eigenvalue weighted by Gasteiger charge is 2.05. The van der Waals surface area contributed by atoms with E-state index in [-0.39, 0.29) is 5.54 Å². The van der Waals surface area contributed by atoms with E-state index in [2.05, 4.69) is 54.7 Å². The molecular formula is C12H16BrN. The lowest BCUT2D eigenvalue weighted by Crippen LogP contribution is -2.09. The summed E-state index contributed by atoms with van der Waals surface area (Å²) in [5.41, 5.74) is 2.41. The quantitative estimate of drug-likeness (QED) is 0.672. The van der Waals surface area contributed by atoms with E-state index in [1.807, 2.05) is 18.3 Å². The van der Waals surface area contributed by atoms with Crippen LogP contribution in [0.4, 0.5) is 0 Å². The number of benzene rings is 1. The summed E-state index contributed by atoms with van der Waals surface area (Å²) in [6, 6.07) is 6.15. The van der Waals surface area contributed by atoms with Crippen molar-refractivity contribution in [2.45, 2.75) is 33.2 Å². The minimum atomic E-state index is -0.00520. The van der Waals surface area contributed by atoms with Gasteiger partial charge in [0.15, 0.2) is 0 Å². The molecule has 2 heteroatoms. The van der Waals surface area contributed by atoms with E-state index >= 15 is 0 Å². The number of hydrogen-bond acceptors (Lipinski definition) is 1. The van der Waals surface area contributed by atoms with Gasteiger partial charge in [-0.1, -0.05) is 28.1 Å². The van der Waals surface area contributed by atoms with Crippen LogP contribution in [0.25, 0.3) is 0 Å². The molecule has 0 bridgehead atoms. The van der Waals surface area contributed by atoms with Crippen LogP contribution in [0.1, 0.15) is 31.9 Å². The molecule has 0 aliphatic carbocycles. The molecule has 0 amide bonds. The molecule has 0 spiro atoms. The monoisotopic (exact) mass is 253 g/mol. The number of aliphatic imine (C=N–C) groups is 1. The molecule has 0 N–H and O–H groups in total. The maximum atomic E-state index is 4.48. The van der Waals surface area contributed by atoms with Crippen molar-refractivity contribution in [3.05, 3.63) is 33.8 Å². The van der Waals surface area contributed by atoms with E-state index in [0.717, 1.165) is 4.47 Å². The SMILES string of the molecule is Cc1c(Br)cccc1/C=N/C(C)(C)C. The Morgan fingerprint density at radius 3 is 2.50 bits per heavy atom. The van der Waals surface area contributed by atoms with E-state index in [1.165, 1.54) is 11.1 Å². The summed E-state index contributed by atoms with van der Waals surface area (Å²) in [6.45, 7) is 8.37. The third-order valence-electron chi connectivity index (χ3n) is 1.90. The third kappa shape index (κ3) is 3.26. The Kier molecular flexibility index (Phi) is 3.48. The highest BCUT2D eigenvalue weighted by Crippen LogP contribution is 2.18. The number of rotatable bonds is 1. The van der Waals surface area contributed by atoms with Crippen molar-refractivity contribution < 1.29 is 0 Å². The molecule has 1 aromatic carbocycles. The van der Waals surface area contributed by atoms with Crippen LogP contribution < -0.4 is 0 Å². The van der Waals surface area contributed by atoms with Crippen LogP contribution in [-0.2, 0) is 0 Å². The molecular weight excluding hydrogens is 238 g/mol. The van der Waals surface area contributed by atoms with Gasteiger partial charge in [0.2, 0.25) is 0 Å². The van der Waals surface area contributed by atoms with Crippen LogP contribution in [0.5, 0.6) is 0 Å². The predicted octanol–water partition coefficient (Wildman–Crippen LogP) is 3.97. The molecule has 0 aromatic heterocycles. The molecule has 0 aliphatic heterocycles. The molecule has 0 unspecified atom stereocenters. The number of halogens is 1. The first-order chi connectivity index (χ1) is 6.40. The maximum absolute atomic E-state index is 4.48. The third-order valence-corrected chi connectivity index (χ3v) is 2.76. The van der Waals surface area contributed by atoms with Crippen molar-refractivity contribution >= 4 is 22.1 Å². The highest BCUT2D eigenvalue weighted by atomic mass is 79.9. The fraction of sp³-hybridized carbons (Fsp3) is 0.417. The molecule has 0 heterocycles. The van der Waals surface area contributed by atoms with Crippen molar-refractivity contribution in [3.63, 3.8) is 0 Å². The second kappa shape index (κ2) is 4.26. The largest absolute Gasteiger partial charge is 0.287 e. The van der Waals surface area contributed by atoms with Crippen LogP contribution >= 0.6 is 15.9 Å². The summed E-state index contributed by atoms with van der Waals surface area (Å²) in [7, 11) is 0. The van der Waals surface area contributed by atoms with Gasteiger partial charge in [-0.05, 0) is 44.9 Å². The van der Waals surface area contributed by atoms with Crippen molar-refractivity contribution in [1.29, 1.82) is 0 Å². The van der Waals surface area contributed by atoms with Gasteiger partial charge in [0.25, 0.3) is 0 Å². The molecule has 0 atom stereocenters. The van der Waals surface area contributed by atoms with Crippen molar-refractivity contribution in [2.75, 3.05) is 0 Å². The molecule has 14 heavy (non-hydrogen) atoms. The minimum Gasteiger partial charge on any atom is -0.287 e. The lowest BCUT2D eigenvalue weighted by atomic mass is 10.1. The molecule has 0 fully saturated rings. The molecule has 1 rings (SSSR count). The van der Waals surface area contributed by atoms with Gasteiger partial charge >= 0.3 is 0 Å². The first kappa shape index (κ1) is 11.4.